The van der Waals surface area contributed by atoms with Gasteiger partial charge >= 0.3 is 5.97 Å². The summed E-state index contributed by atoms with van der Waals surface area (Å²) < 4.78 is 9.81. The van der Waals surface area contributed by atoms with Crippen molar-refractivity contribution in [3.8, 4) is 5.75 Å². The Bertz CT molecular complexity index is 685. The van der Waals surface area contributed by atoms with E-state index in [1.54, 1.807) is 7.11 Å². The Morgan fingerprint density at radius 3 is 2.68 bits per heavy atom. The minimum Gasteiger partial charge on any atom is -0.496 e. The number of carbonyl (C=O) groups is 2. The highest BCUT2D eigenvalue weighted by Gasteiger charge is 2.12. The van der Waals surface area contributed by atoms with Crippen LogP contribution in [0.5, 0.6) is 5.75 Å². The van der Waals surface area contributed by atoms with Crippen LogP contribution >= 0.6 is 0 Å². The van der Waals surface area contributed by atoms with E-state index in [-0.39, 0.29) is 11.6 Å². The molecule has 0 fully saturated rings. The first-order chi connectivity index (χ1) is 10.7. The second-order valence-corrected chi connectivity index (χ2v) is 4.42. The molecule has 0 saturated carbocycles. The van der Waals surface area contributed by atoms with Crippen molar-refractivity contribution in [1.82, 2.24) is 10.3 Å². The lowest BCUT2D eigenvalue weighted by molar-refractivity contribution is 0.0594. The Hall–Kier alpha value is -2.89. The molecule has 1 N–H and O–H groups in total. The van der Waals surface area contributed by atoms with Gasteiger partial charge in [-0.3, -0.25) is 4.79 Å². The van der Waals surface area contributed by atoms with Gasteiger partial charge in [0, 0.05) is 23.9 Å². The summed E-state index contributed by atoms with van der Waals surface area (Å²) in [6.45, 7) is 0.318. The summed E-state index contributed by atoms with van der Waals surface area (Å²) in [7, 11) is 2.84. The zero-order valence-corrected chi connectivity index (χ0v) is 12.3. The van der Waals surface area contributed by atoms with Crippen molar-refractivity contribution < 1.29 is 19.1 Å². The van der Waals surface area contributed by atoms with Crippen LogP contribution in [0.2, 0.25) is 0 Å². The number of methoxy groups -OCH3 is 2. The van der Waals surface area contributed by atoms with Crippen LogP contribution in [0.4, 0.5) is 0 Å². The molecular weight excluding hydrogens is 284 g/mol. The second-order valence-electron chi connectivity index (χ2n) is 4.42. The molecule has 1 aromatic carbocycles. The number of benzene rings is 1. The van der Waals surface area contributed by atoms with E-state index in [0.717, 1.165) is 5.56 Å². The lowest BCUT2D eigenvalue weighted by Gasteiger charge is -2.09. The molecule has 0 atom stereocenters. The summed E-state index contributed by atoms with van der Waals surface area (Å²) in [6.07, 6.45) is 1.39. The number of rotatable bonds is 5. The molecule has 2 aromatic rings. The standard InChI is InChI=1S/C16H16N2O4/c1-21-14-6-4-3-5-12(14)10-18-15(19)11-7-8-17-13(9-11)16(20)22-2/h3-9H,10H2,1-2H3,(H,18,19). The number of nitrogens with zero attached hydrogens (tertiary/aromatic N) is 1. The largest absolute Gasteiger partial charge is 0.496 e. The summed E-state index contributed by atoms with van der Waals surface area (Å²) in [5, 5.41) is 2.78. The van der Waals surface area contributed by atoms with Crippen LogP contribution in [0.25, 0.3) is 0 Å². The SMILES string of the molecule is COC(=O)c1cc(C(=O)NCc2ccccc2OC)ccn1. The summed E-state index contributed by atoms with van der Waals surface area (Å²) in [5.41, 5.74) is 1.29. The van der Waals surface area contributed by atoms with E-state index in [1.807, 2.05) is 24.3 Å². The van der Waals surface area contributed by atoms with Gasteiger partial charge in [-0.2, -0.15) is 0 Å². The maximum atomic E-state index is 12.1. The van der Waals surface area contributed by atoms with Crippen molar-refractivity contribution in [3.05, 3.63) is 59.4 Å². The van der Waals surface area contributed by atoms with Gasteiger partial charge in [0.05, 0.1) is 14.2 Å². The third-order valence-electron chi connectivity index (χ3n) is 3.05. The molecule has 0 saturated heterocycles. The Morgan fingerprint density at radius 2 is 1.95 bits per heavy atom. The number of aromatic nitrogens is 1. The van der Waals surface area contributed by atoms with E-state index in [1.165, 1.54) is 25.4 Å². The number of ether oxygens (including phenoxy) is 2. The van der Waals surface area contributed by atoms with Crippen LogP contribution in [-0.4, -0.2) is 31.1 Å². The number of amides is 1. The topological polar surface area (TPSA) is 77.5 Å². The van der Waals surface area contributed by atoms with Gasteiger partial charge in [-0.05, 0) is 18.2 Å². The molecule has 0 spiro atoms. The van der Waals surface area contributed by atoms with Crippen LogP contribution < -0.4 is 10.1 Å². The quantitative estimate of drug-likeness (QED) is 0.852. The van der Waals surface area contributed by atoms with Gasteiger partial charge in [0.1, 0.15) is 11.4 Å². The average Bonchev–Trinajstić information content (AvgIpc) is 2.59. The summed E-state index contributed by atoms with van der Waals surface area (Å²) in [6, 6.07) is 10.3. The molecule has 1 aromatic heterocycles. The molecule has 0 radical (unpaired) electrons. The molecule has 114 valence electrons. The van der Waals surface area contributed by atoms with Crippen LogP contribution in [0.1, 0.15) is 26.4 Å². The number of esters is 1. The van der Waals surface area contributed by atoms with Crippen molar-refractivity contribution in [1.29, 1.82) is 0 Å². The molecule has 6 nitrogen and oxygen atoms in total. The minimum atomic E-state index is -0.584. The van der Waals surface area contributed by atoms with Gasteiger partial charge in [-0.25, -0.2) is 9.78 Å². The van der Waals surface area contributed by atoms with Gasteiger partial charge in [0.2, 0.25) is 0 Å². The number of carbonyl (C=O) groups excluding carboxylic acids is 2. The third kappa shape index (κ3) is 3.60. The summed E-state index contributed by atoms with van der Waals surface area (Å²) in [4.78, 5) is 27.4. The van der Waals surface area contributed by atoms with E-state index in [2.05, 4.69) is 15.0 Å². The molecule has 0 bridgehead atoms. The predicted molar refractivity (Wildman–Crippen MR) is 79.7 cm³/mol. The Kier molecular flexibility index (Phi) is 5.08. The summed E-state index contributed by atoms with van der Waals surface area (Å²) in [5.74, 6) is -0.189. The maximum absolute atomic E-state index is 12.1. The van der Waals surface area contributed by atoms with Crippen molar-refractivity contribution in [2.45, 2.75) is 6.54 Å². The van der Waals surface area contributed by atoms with E-state index in [9.17, 15) is 9.59 Å². The lowest BCUT2D eigenvalue weighted by Crippen LogP contribution is -2.23. The van der Waals surface area contributed by atoms with Gasteiger partial charge < -0.3 is 14.8 Å². The van der Waals surface area contributed by atoms with Gasteiger partial charge in [-0.1, -0.05) is 18.2 Å². The first-order valence-corrected chi connectivity index (χ1v) is 6.60. The molecule has 2 rings (SSSR count). The minimum absolute atomic E-state index is 0.0902. The number of para-hydroxylation sites is 1. The molecular formula is C16H16N2O4. The Balaban J connectivity index is 2.08. The highest BCUT2D eigenvalue weighted by Crippen LogP contribution is 2.16. The fourth-order valence-electron chi connectivity index (χ4n) is 1.91. The van der Waals surface area contributed by atoms with Crippen LogP contribution in [0.3, 0.4) is 0 Å². The zero-order valence-electron chi connectivity index (χ0n) is 12.3. The highest BCUT2D eigenvalue weighted by atomic mass is 16.5. The van der Waals surface area contributed by atoms with Crippen LogP contribution in [-0.2, 0) is 11.3 Å². The third-order valence-corrected chi connectivity index (χ3v) is 3.05. The van der Waals surface area contributed by atoms with E-state index in [4.69, 9.17) is 4.74 Å². The van der Waals surface area contributed by atoms with E-state index >= 15 is 0 Å². The molecule has 1 heterocycles. The van der Waals surface area contributed by atoms with Gasteiger partial charge in [0.15, 0.2) is 0 Å². The Labute approximate surface area is 128 Å². The Morgan fingerprint density at radius 1 is 1.18 bits per heavy atom. The van der Waals surface area contributed by atoms with Crippen LogP contribution in [0.15, 0.2) is 42.6 Å². The van der Waals surface area contributed by atoms with Crippen molar-refractivity contribution in [3.63, 3.8) is 0 Å². The average molecular weight is 300 g/mol. The zero-order chi connectivity index (χ0) is 15.9. The van der Waals surface area contributed by atoms with Crippen molar-refractivity contribution in [2.75, 3.05) is 14.2 Å². The molecule has 0 unspecified atom stereocenters. The fourth-order valence-corrected chi connectivity index (χ4v) is 1.91. The molecule has 6 heteroatoms. The van der Waals surface area contributed by atoms with Crippen LogP contribution in [0, 0.1) is 0 Å². The lowest BCUT2D eigenvalue weighted by atomic mass is 10.2. The summed E-state index contributed by atoms with van der Waals surface area (Å²) >= 11 is 0. The number of nitrogens with one attached hydrogen (secondary N) is 1. The number of pyridine rings is 1. The fraction of sp³-hybridized carbons (Fsp3) is 0.188. The molecule has 0 aliphatic heterocycles. The molecule has 22 heavy (non-hydrogen) atoms. The van der Waals surface area contributed by atoms with E-state index in [0.29, 0.717) is 17.9 Å². The smallest absolute Gasteiger partial charge is 0.356 e. The normalized spacial score (nSPS) is 9.91. The molecule has 0 aliphatic rings. The highest BCUT2D eigenvalue weighted by molar-refractivity contribution is 5.96. The number of hydrogen-bond donors (Lipinski definition) is 1. The monoisotopic (exact) mass is 300 g/mol. The van der Waals surface area contributed by atoms with Gasteiger partial charge in [-0.15, -0.1) is 0 Å². The van der Waals surface area contributed by atoms with Crippen molar-refractivity contribution in [2.24, 2.45) is 0 Å². The van der Waals surface area contributed by atoms with E-state index < -0.39 is 5.97 Å². The predicted octanol–water partition coefficient (Wildman–Crippen LogP) is 1.81. The first kappa shape index (κ1) is 15.5. The first-order valence-electron chi connectivity index (χ1n) is 6.60. The number of hydrogen-bond acceptors (Lipinski definition) is 5. The second kappa shape index (κ2) is 7.21. The van der Waals surface area contributed by atoms with Crippen molar-refractivity contribution >= 4 is 11.9 Å². The molecule has 0 aliphatic carbocycles. The van der Waals surface area contributed by atoms with Gasteiger partial charge in [0.25, 0.3) is 5.91 Å². The molecule has 1 amide bonds. The maximum Gasteiger partial charge on any atom is 0.356 e.